The molecule has 28 heavy (non-hydrogen) atoms. The fraction of sp³-hybridized carbons (Fsp3) is 0.619. The molecular weight excluding hydrogens is 360 g/mol. The van der Waals surface area contributed by atoms with Crippen molar-refractivity contribution in [2.45, 2.75) is 65.4 Å². The Balaban J connectivity index is 2.25. The molecule has 1 atom stereocenters. The van der Waals surface area contributed by atoms with Gasteiger partial charge in [0.05, 0.1) is 12.6 Å². The van der Waals surface area contributed by atoms with E-state index in [1.54, 1.807) is 9.80 Å². The number of piperazine rings is 1. The third kappa shape index (κ3) is 6.12. The van der Waals surface area contributed by atoms with Crippen LogP contribution in [0.15, 0.2) is 24.3 Å². The standard InChI is InChI=1S/C21H32N2O5/c1-20(2,3)27-18(25)22-11-12-23(19(26)28-21(4,5)6)17(13-22)16-9-7-15(14-24)8-10-16/h7-10,17,24H,11-14H2,1-6H3. The molecule has 0 radical (unpaired) electrons. The van der Waals surface area contributed by atoms with Gasteiger partial charge in [0.15, 0.2) is 0 Å². The fourth-order valence-corrected chi connectivity index (χ4v) is 2.94. The molecule has 1 saturated heterocycles. The molecule has 2 rings (SSSR count). The van der Waals surface area contributed by atoms with Gasteiger partial charge in [-0.3, -0.25) is 4.90 Å². The first-order chi connectivity index (χ1) is 12.9. The minimum Gasteiger partial charge on any atom is -0.444 e. The van der Waals surface area contributed by atoms with Crippen LogP contribution in [0.25, 0.3) is 0 Å². The molecule has 1 aliphatic rings. The number of hydrogen-bond acceptors (Lipinski definition) is 5. The lowest BCUT2D eigenvalue weighted by Crippen LogP contribution is -2.54. The molecule has 7 heteroatoms. The number of carbonyl (C=O) groups excluding carboxylic acids is 2. The average molecular weight is 392 g/mol. The van der Waals surface area contributed by atoms with Crippen molar-refractivity contribution in [3.8, 4) is 0 Å². The Kier molecular flexibility index (Phi) is 6.59. The van der Waals surface area contributed by atoms with Crippen molar-refractivity contribution in [3.63, 3.8) is 0 Å². The molecule has 1 heterocycles. The number of aliphatic hydroxyl groups is 1. The van der Waals surface area contributed by atoms with Gasteiger partial charge >= 0.3 is 12.2 Å². The zero-order chi connectivity index (χ0) is 21.1. The van der Waals surface area contributed by atoms with Gasteiger partial charge in [-0.1, -0.05) is 24.3 Å². The monoisotopic (exact) mass is 392 g/mol. The third-order valence-corrected chi connectivity index (χ3v) is 4.21. The Bertz CT molecular complexity index is 688. The van der Waals surface area contributed by atoms with E-state index in [1.165, 1.54) is 0 Å². The lowest BCUT2D eigenvalue weighted by molar-refractivity contribution is -0.0152. The summed E-state index contributed by atoms with van der Waals surface area (Å²) in [6.07, 6.45) is -0.805. The normalized spacial score (nSPS) is 18.0. The first-order valence-corrected chi connectivity index (χ1v) is 9.57. The van der Waals surface area contributed by atoms with Gasteiger partial charge in [0.2, 0.25) is 0 Å². The summed E-state index contributed by atoms with van der Waals surface area (Å²) >= 11 is 0. The highest BCUT2D eigenvalue weighted by Gasteiger charge is 2.37. The second kappa shape index (κ2) is 8.39. The average Bonchev–Trinajstić information content (AvgIpc) is 2.58. The van der Waals surface area contributed by atoms with Crippen LogP contribution in [0.4, 0.5) is 9.59 Å². The van der Waals surface area contributed by atoms with Gasteiger partial charge in [0, 0.05) is 19.6 Å². The van der Waals surface area contributed by atoms with Crippen molar-refractivity contribution in [2.75, 3.05) is 19.6 Å². The summed E-state index contributed by atoms with van der Waals surface area (Å²) < 4.78 is 11.1. The van der Waals surface area contributed by atoms with Crippen LogP contribution in [0.2, 0.25) is 0 Å². The van der Waals surface area contributed by atoms with Gasteiger partial charge < -0.3 is 19.5 Å². The Hall–Kier alpha value is -2.28. The summed E-state index contributed by atoms with van der Waals surface area (Å²) in [5, 5.41) is 9.28. The summed E-state index contributed by atoms with van der Waals surface area (Å²) in [6.45, 7) is 11.9. The molecule has 1 unspecified atom stereocenters. The molecule has 7 nitrogen and oxygen atoms in total. The molecule has 1 aromatic carbocycles. The van der Waals surface area contributed by atoms with Crippen LogP contribution in [-0.4, -0.2) is 57.9 Å². The molecule has 1 aromatic rings. The number of aliphatic hydroxyl groups excluding tert-OH is 1. The largest absolute Gasteiger partial charge is 0.444 e. The van der Waals surface area contributed by atoms with Crippen molar-refractivity contribution >= 4 is 12.2 Å². The Morgan fingerprint density at radius 3 is 2.00 bits per heavy atom. The van der Waals surface area contributed by atoms with Crippen molar-refractivity contribution in [2.24, 2.45) is 0 Å². The predicted molar refractivity (Wildman–Crippen MR) is 106 cm³/mol. The molecule has 156 valence electrons. The van der Waals surface area contributed by atoms with E-state index >= 15 is 0 Å². The molecule has 2 amide bonds. The summed E-state index contributed by atoms with van der Waals surface area (Å²) in [4.78, 5) is 28.6. The molecular formula is C21H32N2O5. The van der Waals surface area contributed by atoms with Crippen molar-refractivity contribution in [1.82, 2.24) is 9.80 Å². The van der Waals surface area contributed by atoms with E-state index in [2.05, 4.69) is 0 Å². The van der Waals surface area contributed by atoms with Crippen LogP contribution in [-0.2, 0) is 16.1 Å². The minimum atomic E-state index is -0.606. The predicted octanol–water partition coefficient (Wildman–Crippen LogP) is 3.71. The Morgan fingerprint density at radius 1 is 0.964 bits per heavy atom. The van der Waals surface area contributed by atoms with E-state index in [0.717, 1.165) is 11.1 Å². The lowest BCUT2D eigenvalue weighted by atomic mass is 10.0. The number of nitrogens with zero attached hydrogens (tertiary/aromatic N) is 2. The van der Waals surface area contributed by atoms with Crippen LogP contribution < -0.4 is 0 Å². The maximum atomic E-state index is 12.8. The van der Waals surface area contributed by atoms with Crippen molar-refractivity contribution < 1.29 is 24.2 Å². The summed E-state index contributed by atoms with van der Waals surface area (Å²) in [7, 11) is 0. The van der Waals surface area contributed by atoms with E-state index < -0.39 is 23.4 Å². The van der Waals surface area contributed by atoms with Gasteiger partial charge in [-0.2, -0.15) is 0 Å². The smallest absolute Gasteiger partial charge is 0.410 e. The van der Waals surface area contributed by atoms with E-state index in [1.807, 2.05) is 65.8 Å². The van der Waals surface area contributed by atoms with Gasteiger partial charge in [-0.15, -0.1) is 0 Å². The lowest BCUT2D eigenvalue weighted by Gasteiger charge is -2.42. The summed E-state index contributed by atoms with van der Waals surface area (Å²) in [6, 6.07) is 7.01. The minimum absolute atomic E-state index is 0.0508. The first-order valence-electron chi connectivity index (χ1n) is 9.57. The molecule has 1 fully saturated rings. The Labute approximate surface area is 167 Å². The second-order valence-corrected chi connectivity index (χ2v) is 9.02. The number of hydrogen-bond donors (Lipinski definition) is 1. The topological polar surface area (TPSA) is 79.3 Å². The van der Waals surface area contributed by atoms with Gasteiger partial charge in [0.25, 0.3) is 0 Å². The third-order valence-electron chi connectivity index (χ3n) is 4.21. The zero-order valence-electron chi connectivity index (χ0n) is 17.7. The quantitative estimate of drug-likeness (QED) is 0.830. The van der Waals surface area contributed by atoms with E-state index in [4.69, 9.17) is 9.47 Å². The molecule has 0 aromatic heterocycles. The zero-order valence-corrected chi connectivity index (χ0v) is 17.7. The number of ether oxygens (including phenoxy) is 2. The highest BCUT2D eigenvalue weighted by molar-refractivity contribution is 5.71. The molecule has 0 aliphatic carbocycles. The van der Waals surface area contributed by atoms with Crippen LogP contribution in [0.1, 0.15) is 58.7 Å². The van der Waals surface area contributed by atoms with Crippen LogP contribution in [0.5, 0.6) is 0 Å². The SMILES string of the molecule is CC(C)(C)OC(=O)N1CCN(C(=O)OC(C)(C)C)C(c2ccc(CO)cc2)C1. The molecule has 0 saturated carbocycles. The molecule has 0 bridgehead atoms. The molecule has 1 aliphatic heterocycles. The van der Waals surface area contributed by atoms with E-state index in [-0.39, 0.29) is 12.6 Å². The van der Waals surface area contributed by atoms with Crippen molar-refractivity contribution in [3.05, 3.63) is 35.4 Å². The Morgan fingerprint density at radius 2 is 1.50 bits per heavy atom. The number of carbonyl (C=O) groups is 2. The van der Waals surface area contributed by atoms with Crippen LogP contribution in [0.3, 0.4) is 0 Å². The van der Waals surface area contributed by atoms with E-state index in [0.29, 0.717) is 19.6 Å². The van der Waals surface area contributed by atoms with Crippen LogP contribution >= 0.6 is 0 Å². The highest BCUT2D eigenvalue weighted by Crippen LogP contribution is 2.28. The molecule has 0 spiro atoms. The number of benzene rings is 1. The second-order valence-electron chi connectivity index (χ2n) is 9.02. The van der Waals surface area contributed by atoms with Gasteiger partial charge in [-0.05, 0) is 52.7 Å². The highest BCUT2D eigenvalue weighted by atomic mass is 16.6. The van der Waals surface area contributed by atoms with Crippen molar-refractivity contribution in [1.29, 1.82) is 0 Å². The summed E-state index contributed by atoms with van der Waals surface area (Å²) in [5.41, 5.74) is 0.464. The van der Waals surface area contributed by atoms with Gasteiger partial charge in [0.1, 0.15) is 11.2 Å². The number of amides is 2. The fourth-order valence-electron chi connectivity index (χ4n) is 2.94. The maximum Gasteiger partial charge on any atom is 0.410 e. The first kappa shape index (κ1) is 22.0. The van der Waals surface area contributed by atoms with E-state index in [9.17, 15) is 14.7 Å². The maximum absolute atomic E-state index is 12.8. The summed E-state index contributed by atoms with van der Waals surface area (Å²) in [5.74, 6) is 0. The van der Waals surface area contributed by atoms with Crippen LogP contribution in [0, 0.1) is 0 Å². The molecule has 1 N–H and O–H groups in total. The number of rotatable bonds is 2. The van der Waals surface area contributed by atoms with Gasteiger partial charge in [-0.25, -0.2) is 9.59 Å².